The van der Waals surface area contributed by atoms with Crippen LogP contribution in [0.2, 0.25) is 0 Å². The van der Waals surface area contributed by atoms with Crippen LogP contribution in [0, 0.1) is 0 Å². The molecule has 108 valence electrons. The van der Waals surface area contributed by atoms with Gasteiger partial charge in [0, 0.05) is 24.2 Å². The number of rotatable bonds is 7. The smallest absolute Gasteiger partial charge is 0.245 e. The van der Waals surface area contributed by atoms with Crippen molar-refractivity contribution < 1.29 is 13.2 Å². The van der Waals surface area contributed by atoms with E-state index in [4.69, 9.17) is 10.5 Å². The van der Waals surface area contributed by atoms with E-state index in [0.29, 0.717) is 30.8 Å². The van der Waals surface area contributed by atoms with Gasteiger partial charge in [0.25, 0.3) is 0 Å². The molecular formula is C12H19BrN2O3S. The topological polar surface area (TPSA) is 72.6 Å². The number of nitrogens with zero attached hydrogens (tertiary/aromatic N) is 1. The molecule has 0 aromatic heterocycles. The largest absolute Gasteiger partial charge is 0.398 e. The lowest BCUT2D eigenvalue weighted by molar-refractivity contribution is 0.135. The first kappa shape index (κ1) is 16.4. The summed E-state index contributed by atoms with van der Waals surface area (Å²) in [4.78, 5) is 0.125. The van der Waals surface area contributed by atoms with E-state index in [2.05, 4.69) is 15.9 Å². The highest BCUT2D eigenvalue weighted by molar-refractivity contribution is 9.10. The van der Waals surface area contributed by atoms with E-state index in [-0.39, 0.29) is 10.6 Å². The van der Waals surface area contributed by atoms with Crippen LogP contribution < -0.4 is 5.73 Å². The third-order valence-electron chi connectivity index (χ3n) is 2.64. The predicted molar refractivity (Wildman–Crippen MR) is 79.5 cm³/mol. The van der Waals surface area contributed by atoms with Gasteiger partial charge in [0.1, 0.15) is 4.90 Å². The first-order chi connectivity index (χ1) is 8.93. The summed E-state index contributed by atoms with van der Waals surface area (Å²) in [6, 6.07) is 4.81. The molecule has 0 aliphatic heterocycles. The van der Waals surface area contributed by atoms with Crippen LogP contribution >= 0.6 is 15.9 Å². The highest BCUT2D eigenvalue weighted by atomic mass is 79.9. The molecule has 1 aromatic carbocycles. The molecule has 5 nitrogen and oxygen atoms in total. The summed E-state index contributed by atoms with van der Waals surface area (Å²) in [5, 5.41) is 0. The maximum Gasteiger partial charge on any atom is 0.245 e. The minimum atomic E-state index is -3.59. The van der Waals surface area contributed by atoms with Crippen LogP contribution in [0.15, 0.2) is 27.6 Å². The number of likely N-dealkylation sites (N-methyl/N-ethyl adjacent to an activating group) is 1. The molecule has 0 atom stereocenters. The summed E-state index contributed by atoms with van der Waals surface area (Å²) in [6.45, 7) is 5.29. The van der Waals surface area contributed by atoms with Crippen LogP contribution in [0.25, 0.3) is 0 Å². The lowest BCUT2D eigenvalue weighted by atomic mass is 10.3. The lowest BCUT2D eigenvalue weighted by Gasteiger charge is -2.21. The van der Waals surface area contributed by atoms with E-state index in [9.17, 15) is 8.42 Å². The molecular weight excluding hydrogens is 332 g/mol. The Hall–Kier alpha value is -0.630. The van der Waals surface area contributed by atoms with E-state index in [1.165, 1.54) is 10.4 Å². The van der Waals surface area contributed by atoms with Gasteiger partial charge < -0.3 is 10.5 Å². The first-order valence-electron chi connectivity index (χ1n) is 6.06. The molecule has 0 amide bonds. The van der Waals surface area contributed by atoms with Gasteiger partial charge in [-0.2, -0.15) is 4.31 Å². The summed E-state index contributed by atoms with van der Waals surface area (Å²) in [5.74, 6) is 0. The SMILES string of the molecule is CCOCCN(CC)S(=O)(=O)c1cc(Br)ccc1N. The van der Waals surface area contributed by atoms with E-state index >= 15 is 0 Å². The van der Waals surface area contributed by atoms with Crippen molar-refractivity contribution in [1.29, 1.82) is 0 Å². The predicted octanol–water partition coefficient (Wildman–Crippen LogP) is 2.08. The van der Waals surface area contributed by atoms with Crippen molar-refractivity contribution in [3.05, 3.63) is 22.7 Å². The standard InChI is InChI=1S/C12H19BrN2O3S/c1-3-15(7-8-18-4-2)19(16,17)12-9-10(13)5-6-11(12)14/h5-6,9H,3-4,7-8,14H2,1-2H3. The van der Waals surface area contributed by atoms with E-state index in [1.54, 1.807) is 19.1 Å². The molecule has 0 saturated carbocycles. The van der Waals surface area contributed by atoms with Crippen molar-refractivity contribution in [3.8, 4) is 0 Å². The fourth-order valence-electron chi connectivity index (χ4n) is 1.63. The lowest BCUT2D eigenvalue weighted by Crippen LogP contribution is -2.34. The Bertz CT molecular complexity index is 520. The van der Waals surface area contributed by atoms with Gasteiger partial charge >= 0.3 is 0 Å². The number of hydrogen-bond acceptors (Lipinski definition) is 4. The number of sulfonamides is 1. The first-order valence-corrected chi connectivity index (χ1v) is 8.29. The quantitative estimate of drug-likeness (QED) is 0.603. The average molecular weight is 351 g/mol. The average Bonchev–Trinajstić information content (AvgIpc) is 2.37. The molecule has 2 N–H and O–H groups in total. The fourth-order valence-corrected chi connectivity index (χ4v) is 3.72. The van der Waals surface area contributed by atoms with Gasteiger partial charge in [0.15, 0.2) is 0 Å². The van der Waals surface area contributed by atoms with Crippen LogP contribution in [0.1, 0.15) is 13.8 Å². The summed E-state index contributed by atoms with van der Waals surface area (Å²) >= 11 is 3.26. The minimum Gasteiger partial charge on any atom is -0.398 e. The zero-order chi connectivity index (χ0) is 14.5. The second-order valence-corrected chi connectivity index (χ2v) is 6.70. The Labute approximate surface area is 122 Å². The molecule has 0 saturated heterocycles. The monoisotopic (exact) mass is 350 g/mol. The van der Waals surface area contributed by atoms with Gasteiger partial charge in [-0.25, -0.2) is 8.42 Å². The van der Waals surface area contributed by atoms with Gasteiger partial charge in [-0.1, -0.05) is 22.9 Å². The minimum absolute atomic E-state index is 0.125. The fraction of sp³-hybridized carbons (Fsp3) is 0.500. The molecule has 0 bridgehead atoms. The van der Waals surface area contributed by atoms with E-state index in [0.717, 1.165) is 0 Å². The molecule has 19 heavy (non-hydrogen) atoms. The molecule has 1 aromatic rings. The molecule has 0 spiro atoms. The highest BCUT2D eigenvalue weighted by Crippen LogP contribution is 2.25. The number of benzene rings is 1. The van der Waals surface area contributed by atoms with Crippen molar-refractivity contribution in [3.63, 3.8) is 0 Å². The zero-order valence-corrected chi connectivity index (χ0v) is 13.5. The maximum atomic E-state index is 12.5. The number of hydrogen-bond donors (Lipinski definition) is 1. The second kappa shape index (κ2) is 7.23. The van der Waals surface area contributed by atoms with Gasteiger partial charge in [-0.3, -0.25) is 0 Å². The van der Waals surface area contributed by atoms with Crippen molar-refractivity contribution >= 4 is 31.6 Å². The van der Waals surface area contributed by atoms with E-state index in [1.807, 2.05) is 6.92 Å². The van der Waals surface area contributed by atoms with Gasteiger partial charge in [-0.05, 0) is 25.1 Å². The molecule has 0 aliphatic carbocycles. The van der Waals surface area contributed by atoms with Crippen molar-refractivity contribution in [2.45, 2.75) is 18.7 Å². The van der Waals surface area contributed by atoms with Gasteiger partial charge in [0.2, 0.25) is 10.0 Å². The van der Waals surface area contributed by atoms with Crippen LogP contribution in [-0.2, 0) is 14.8 Å². The Morgan fingerprint density at radius 1 is 1.37 bits per heavy atom. The van der Waals surface area contributed by atoms with Crippen molar-refractivity contribution in [2.24, 2.45) is 0 Å². The Kier molecular flexibility index (Phi) is 6.25. The third kappa shape index (κ3) is 4.17. The number of nitrogen functional groups attached to an aromatic ring is 1. The second-order valence-electron chi connectivity index (χ2n) is 3.88. The number of anilines is 1. The van der Waals surface area contributed by atoms with Gasteiger partial charge in [-0.15, -0.1) is 0 Å². The normalized spacial score (nSPS) is 12.0. The Morgan fingerprint density at radius 2 is 2.05 bits per heavy atom. The molecule has 0 unspecified atom stereocenters. The molecule has 0 heterocycles. The van der Waals surface area contributed by atoms with Crippen molar-refractivity contribution in [2.75, 3.05) is 32.0 Å². The Morgan fingerprint density at radius 3 is 2.63 bits per heavy atom. The number of ether oxygens (including phenoxy) is 1. The van der Waals surface area contributed by atoms with Crippen LogP contribution in [0.5, 0.6) is 0 Å². The molecule has 1 rings (SSSR count). The van der Waals surface area contributed by atoms with Crippen molar-refractivity contribution in [1.82, 2.24) is 4.31 Å². The van der Waals surface area contributed by atoms with Gasteiger partial charge in [0.05, 0.1) is 12.3 Å². The number of halogens is 1. The molecule has 0 radical (unpaired) electrons. The van der Waals surface area contributed by atoms with Crippen LogP contribution in [-0.4, -0.2) is 39.0 Å². The third-order valence-corrected chi connectivity index (χ3v) is 5.16. The zero-order valence-electron chi connectivity index (χ0n) is 11.1. The maximum absolute atomic E-state index is 12.5. The summed E-state index contributed by atoms with van der Waals surface area (Å²) < 4.78 is 32.2. The molecule has 7 heteroatoms. The van der Waals surface area contributed by atoms with E-state index < -0.39 is 10.0 Å². The summed E-state index contributed by atoms with van der Waals surface area (Å²) in [7, 11) is -3.59. The Balaban J connectivity index is 3.03. The molecule has 0 aliphatic rings. The van der Waals surface area contributed by atoms with Crippen LogP contribution in [0.3, 0.4) is 0 Å². The number of nitrogens with two attached hydrogens (primary N) is 1. The molecule has 0 fully saturated rings. The highest BCUT2D eigenvalue weighted by Gasteiger charge is 2.25. The summed E-state index contributed by atoms with van der Waals surface area (Å²) in [5.41, 5.74) is 6.01. The van der Waals surface area contributed by atoms with Crippen LogP contribution in [0.4, 0.5) is 5.69 Å². The summed E-state index contributed by atoms with van der Waals surface area (Å²) in [6.07, 6.45) is 0.